The van der Waals surface area contributed by atoms with Crippen LogP contribution in [0.15, 0.2) is 18.5 Å². The number of aromatic amines is 1. The van der Waals surface area contributed by atoms with Crippen LogP contribution in [0.4, 0.5) is 0 Å². The number of hydrogen-bond acceptors (Lipinski definition) is 4. The molecule has 0 aromatic carbocycles. The van der Waals surface area contributed by atoms with Gasteiger partial charge >= 0.3 is 7.12 Å². The number of H-pyrrole nitrogens is 1. The summed E-state index contributed by atoms with van der Waals surface area (Å²) in [6, 6.07) is 1.53. The molecule has 5 nitrogen and oxygen atoms in total. The minimum absolute atomic E-state index is 0.387. The molecule has 0 atom stereocenters. The highest BCUT2D eigenvalue weighted by Crippen LogP contribution is 2.02. The van der Waals surface area contributed by atoms with Gasteiger partial charge in [0.2, 0.25) is 0 Å². The molecule has 2 rings (SSSR count). The third kappa shape index (κ3) is 0.974. The Hall–Kier alpha value is -1.40. The average Bonchev–Trinajstić information content (AvgIpc) is 2.49. The van der Waals surface area contributed by atoms with Gasteiger partial charge in [-0.05, 0) is 6.07 Å². The lowest BCUT2D eigenvalue weighted by Crippen LogP contribution is -2.30. The monoisotopic (exact) mass is 163 g/mol. The predicted molar refractivity (Wildman–Crippen MR) is 43.7 cm³/mol. The summed E-state index contributed by atoms with van der Waals surface area (Å²) in [6.07, 6.45) is 3.04. The first-order valence-corrected chi connectivity index (χ1v) is 3.43. The summed E-state index contributed by atoms with van der Waals surface area (Å²) in [4.78, 5) is 3.97. The molecule has 12 heavy (non-hydrogen) atoms. The second-order valence-electron chi connectivity index (χ2n) is 2.40. The van der Waals surface area contributed by atoms with E-state index in [0.717, 1.165) is 0 Å². The van der Waals surface area contributed by atoms with Crippen LogP contribution in [-0.2, 0) is 0 Å². The van der Waals surface area contributed by atoms with E-state index in [1.807, 2.05) is 0 Å². The van der Waals surface area contributed by atoms with E-state index in [2.05, 4.69) is 15.2 Å². The van der Waals surface area contributed by atoms with Crippen molar-refractivity contribution in [3.63, 3.8) is 0 Å². The van der Waals surface area contributed by atoms with Crippen molar-refractivity contribution in [2.75, 3.05) is 0 Å². The normalized spacial score (nSPS) is 10.5. The minimum atomic E-state index is -1.49. The Labute approximate surface area is 68.2 Å². The van der Waals surface area contributed by atoms with Gasteiger partial charge in [0, 0.05) is 11.7 Å². The molecule has 0 aliphatic rings. The van der Waals surface area contributed by atoms with Gasteiger partial charge in [-0.25, -0.2) is 0 Å². The van der Waals surface area contributed by atoms with E-state index >= 15 is 0 Å². The summed E-state index contributed by atoms with van der Waals surface area (Å²) < 4.78 is 0. The molecule has 0 radical (unpaired) electrons. The van der Waals surface area contributed by atoms with Crippen LogP contribution >= 0.6 is 0 Å². The zero-order chi connectivity index (χ0) is 8.55. The minimum Gasteiger partial charge on any atom is -0.423 e. The summed E-state index contributed by atoms with van der Waals surface area (Å²) in [5, 5.41) is 24.2. The van der Waals surface area contributed by atoms with E-state index in [1.54, 1.807) is 0 Å². The van der Waals surface area contributed by atoms with Crippen molar-refractivity contribution in [3.8, 4) is 0 Å². The van der Waals surface area contributed by atoms with Gasteiger partial charge in [0.15, 0.2) is 0 Å². The number of nitrogens with zero attached hydrogens (tertiary/aromatic N) is 2. The molecule has 2 aromatic rings. The molecule has 2 aromatic heterocycles. The quantitative estimate of drug-likeness (QED) is 0.453. The molecule has 0 aliphatic carbocycles. The van der Waals surface area contributed by atoms with Gasteiger partial charge in [0.05, 0.1) is 11.7 Å². The largest absolute Gasteiger partial charge is 0.490 e. The van der Waals surface area contributed by atoms with Crippen molar-refractivity contribution >= 4 is 23.6 Å². The fraction of sp³-hybridized carbons (Fsp3) is 0. The number of hydrogen-bond donors (Lipinski definition) is 3. The average molecular weight is 163 g/mol. The molecule has 0 fully saturated rings. The maximum Gasteiger partial charge on any atom is 0.490 e. The van der Waals surface area contributed by atoms with Gasteiger partial charge in [-0.2, -0.15) is 5.10 Å². The third-order valence-corrected chi connectivity index (χ3v) is 1.65. The number of rotatable bonds is 1. The molecule has 0 bridgehead atoms. The molecule has 0 amide bonds. The van der Waals surface area contributed by atoms with E-state index in [-0.39, 0.29) is 0 Å². The number of nitrogens with one attached hydrogen (secondary N) is 1. The molecule has 6 heteroatoms. The highest BCUT2D eigenvalue weighted by Gasteiger charge is 2.15. The van der Waals surface area contributed by atoms with Crippen molar-refractivity contribution < 1.29 is 10.0 Å². The topological polar surface area (TPSA) is 82.0 Å². The summed E-state index contributed by atoms with van der Waals surface area (Å²) in [5.41, 5.74) is 1.57. The van der Waals surface area contributed by atoms with Crippen molar-refractivity contribution in [1.29, 1.82) is 0 Å². The zero-order valence-corrected chi connectivity index (χ0v) is 6.10. The van der Waals surface area contributed by atoms with Crippen LogP contribution in [0.25, 0.3) is 11.0 Å². The molecule has 2 heterocycles. The van der Waals surface area contributed by atoms with Gasteiger partial charge in [-0.3, -0.25) is 10.1 Å². The Kier molecular flexibility index (Phi) is 1.56. The van der Waals surface area contributed by atoms with E-state index in [0.29, 0.717) is 16.5 Å². The second kappa shape index (κ2) is 2.58. The maximum atomic E-state index is 8.92. The van der Waals surface area contributed by atoms with Crippen molar-refractivity contribution in [2.45, 2.75) is 0 Å². The van der Waals surface area contributed by atoms with Crippen LogP contribution in [-0.4, -0.2) is 32.3 Å². The first-order valence-electron chi connectivity index (χ1n) is 3.43. The summed E-state index contributed by atoms with van der Waals surface area (Å²) in [6.45, 7) is 0. The van der Waals surface area contributed by atoms with Gasteiger partial charge < -0.3 is 10.0 Å². The molecular weight excluding hydrogens is 157 g/mol. The summed E-state index contributed by atoms with van der Waals surface area (Å²) >= 11 is 0. The Morgan fingerprint density at radius 3 is 3.00 bits per heavy atom. The Morgan fingerprint density at radius 2 is 2.25 bits per heavy atom. The SMILES string of the molecule is OB(O)c1ccnc2cn[nH]c12. The number of aromatic nitrogens is 3. The first-order chi connectivity index (χ1) is 5.79. The van der Waals surface area contributed by atoms with Gasteiger partial charge in [0.25, 0.3) is 0 Å². The van der Waals surface area contributed by atoms with E-state index < -0.39 is 7.12 Å². The van der Waals surface area contributed by atoms with Crippen molar-refractivity contribution in [2.24, 2.45) is 0 Å². The highest BCUT2D eigenvalue weighted by molar-refractivity contribution is 6.61. The molecular formula is C6H6BN3O2. The lowest BCUT2D eigenvalue weighted by molar-refractivity contribution is 0.426. The zero-order valence-electron chi connectivity index (χ0n) is 6.10. The van der Waals surface area contributed by atoms with E-state index in [9.17, 15) is 0 Å². The molecule has 0 saturated carbocycles. The standard InChI is InChI=1S/C6H6BN3O2/c11-7(12)4-1-2-8-5-3-9-10-6(4)5/h1-3,11-12H,(H,9,10). The number of pyridine rings is 1. The van der Waals surface area contributed by atoms with E-state index in [4.69, 9.17) is 10.0 Å². The van der Waals surface area contributed by atoms with E-state index in [1.165, 1.54) is 18.5 Å². The Morgan fingerprint density at radius 1 is 1.42 bits per heavy atom. The maximum absolute atomic E-state index is 8.92. The molecule has 0 aliphatic heterocycles. The molecule has 60 valence electrons. The Balaban J connectivity index is 2.73. The molecule has 3 N–H and O–H groups in total. The van der Waals surface area contributed by atoms with Crippen LogP contribution in [0.3, 0.4) is 0 Å². The lowest BCUT2D eigenvalue weighted by Gasteiger charge is -1.98. The molecule has 0 saturated heterocycles. The fourth-order valence-corrected chi connectivity index (χ4v) is 1.09. The van der Waals surface area contributed by atoms with Crippen LogP contribution in [0, 0.1) is 0 Å². The van der Waals surface area contributed by atoms with Gasteiger partial charge in [-0.1, -0.05) is 0 Å². The van der Waals surface area contributed by atoms with Gasteiger partial charge in [-0.15, -0.1) is 0 Å². The van der Waals surface area contributed by atoms with Crippen LogP contribution in [0.5, 0.6) is 0 Å². The highest BCUT2D eigenvalue weighted by atomic mass is 16.4. The number of fused-ring (bicyclic) bond motifs is 1. The fourth-order valence-electron chi connectivity index (χ4n) is 1.09. The smallest absolute Gasteiger partial charge is 0.423 e. The second-order valence-corrected chi connectivity index (χ2v) is 2.40. The summed E-state index contributed by atoms with van der Waals surface area (Å²) in [5.74, 6) is 0. The van der Waals surface area contributed by atoms with Crippen LogP contribution in [0.2, 0.25) is 0 Å². The Bertz CT molecular complexity index is 400. The van der Waals surface area contributed by atoms with Gasteiger partial charge in [0.1, 0.15) is 5.52 Å². The molecule has 0 spiro atoms. The lowest BCUT2D eigenvalue weighted by atomic mass is 9.80. The predicted octanol–water partition coefficient (Wildman–Crippen LogP) is -1.36. The first kappa shape index (κ1) is 7.26. The van der Waals surface area contributed by atoms with Crippen molar-refractivity contribution in [1.82, 2.24) is 15.2 Å². The van der Waals surface area contributed by atoms with Crippen LogP contribution in [0.1, 0.15) is 0 Å². The van der Waals surface area contributed by atoms with Crippen molar-refractivity contribution in [3.05, 3.63) is 18.5 Å². The summed E-state index contributed by atoms with van der Waals surface area (Å²) in [7, 11) is -1.49. The third-order valence-electron chi connectivity index (χ3n) is 1.65. The molecule has 0 unspecified atom stereocenters. The van der Waals surface area contributed by atoms with Crippen LogP contribution < -0.4 is 5.46 Å².